The van der Waals surface area contributed by atoms with Crippen LogP contribution in [0.5, 0.6) is 5.75 Å². The normalized spacial score (nSPS) is 13.1. The van der Waals surface area contributed by atoms with Crippen molar-refractivity contribution in [1.29, 1.82) is 0 Å². The molecule has 2 N–H and O–H groups in total. The maximum atomic E-state index is 6.09. The summed E-state index contributed by atoms with van der Waals surface area (Å²) in [6.45, 7) is 6.98. The van der Waals surface area contributed by atoms with Gasteiger partial charge < -0.3 is 14.7 Å². The molecule has 1 aliphatic heterocycles. The predicted molar refractivity (Wildman–Crippen MR) is 140 cm³/mol. The van der Waals surface area contributed by atoms with E-state index in [9.17, 15) is 0 Å². The van der Waals surface area contributed by atoms with Gasteiger partial charge in [0.2, 0.25) is 0 Å². The number of H-pyrrole nitrogens is 2. The summed E-state index contributed by atoms with van der Waals surface area (Å²) in [5, 5.41) is 2.57. The molecule has 4 heterocycles. The number of fused-ring (bicyclic) bond motifs is 7. The van der Waals surface area contributed by atoms with Crippen molar-refractivity contribution in [1.82, 2.24) is 19.9 Å². The molecule has 0 atom stereocenters. The average molecular weight is 465 g/mol. The molecule has 6 heteroatoms. The summed E-state index contributed by atoms with van der Waals surface area (Å²) < 4.78 is 8.64. The number of aromatic nitrogens is 4. The Morgan fingerprint density at radius 2 is 1.76 bits per heavy atom. The number of aromatic amines is 2. The summed E-state index contributed by atoms with van der Waals surface area (Å²) in [5.41, 5.74) is 7.65. The number of ether oxygens (including phenoxy) is 1. The number of thiophene rings is 1. The maximum absolute atomic E-state index is 6.09. The van der Waals surface area contributed by atoms with Crippen molar-refractivity contribution in [3.63, 3.8) is 0 Å². The smallest absolute Gasteiger partial charge is 0.130 e. The Morgan fingerprint density at radius 3 is 2.62 bits per heavy atom. The van der Waals surface area contributed by atoms with E-state index in [2.05, 4.69) is 79.3 Å². The Hall–Kier alpha value is -3.64. The fourth-order valence-electron chi connectivity index (χ4n) is 4.88. The van der Waals surface area contributed by atoms with Crippen LogP contribution in [-0.2, 0) is 13.0 Å². The zero-order chi connectivity index (χ0) is 23.0. The molecular formula is C28H24N4OS. The minimum atomic E-state index is 0.388. The first kappa shape index (κ1) is 19.8. The molecule has 0 saturated carbocycles. The monoisotopic (exact) mass is 464 g/mol. The van der Waals surface area contributed by atoms with E-state index < -0.39 is 0 Å². The van der Waals surface area contributed by atoms with Crippen LogP contribution in [0.3, 0.4) is 0 Å². The first-order chi connectivity index (χ1) is 16.6. The molecular weight excluding hydrogens is 440 g/mol. The number of rotatable bonds is 3. The highest BCUT2D eigenvalue weighted by Crippen LogP contribution is 2.41. The molecule has 3 aromatic carbocycles. The second-order valence-electron chi connectivity index (χ2n) is 9.32. The van der Waals surface area contributed by atoms with Gasteiger partial charge in [-0.3, -0.25) is 0 Å². The number of aryl methyl sites for hydroxylation is 1. The molecule has 5 nitrogen and oxygen atoms in total. The maximum Gasteiger partial charge on any atom is 0.130 e. The summed E-state index contributed by atoms with van der Waals surface area (Å²) in [7, 11) is 0. The van der Waals surface area contributed by atoms with Gasteiger partial charge in [-0.05, 0) is 41.5 Å². The second kappa shape index (κ2) is 7.18. The average Bonchev–Trinajstić information content (AvgIpc) is 3.55. The molecule has 0 aliphatic carbocycles. The Balaban J connectivity index is 1.31. The molecule has 0 bridgehead atoms. The summed E-state index contributed by atoms with van der Waals surface area (Å²) in [5.74, 6) is 3.34. The predicted octanol–water partition coefficient (Wildman–Crippen LogP) is 7.57. The van der Waals surface area contributed by atoms with Crippen molar-refractivity contribution in [2.45, 2.75) is 39.7 Å². The molecule has 0 fully saturated rings. The van der Waals surface area contributed by atoms with Crippen LogP contribution in [0, 0.1) is 0 Å². The summed E-state index contributed by atoms with van der Waals surface area (Å²) in [4.78, 5) is 16.4. The van der Waals surface area contributed by atoms with Crippen LogP contribution in [-0.4, -0.2) is 19.9 Å². The fourth-order valence-corrected chi connectivity index (χ4v) is 6.04. The number of benzene rings is 3. The molecule has 0 spiro atoms. The Bertz CT molecular complexity index is 1740. The molecule has 3 aromatic heterocycles. The highest BCUT2D eigenvalue weighted by Gasteiger charge is 2.22. The number of imidazole rings is 2. The zero-order valence-electron chi connectivity index (χ0n) is 19.3. The highest BCUT2D eigenvalue weighted by atomic mass is 32.1. The van der Waals surface area contributed by atoms with Crippen LogP contribution in [0.1, 0.15) is 44.0 Å². The molecule has 7 rings (SSSR count). The van der Waals surface area contributed by atoms with E-state index in [-0.39, 0.29) is 0 Å². The van der Waals surface area contributed by atoms with E-state index in [1.54, 1.807) is 0 Å². The van der Waals surface area contributed by atoms with Gasteiger partial charge in [0.25, 0.3) is 0 Å². The third-order valence-corrected chi connectivity index (χ3v) is 7.86. The summed E-state index contributed by atoms with van der Waals surface area (Å²) in [6.07, 6.45) is 0.889. The Kier molecular flexibility index (Phi) is 4.18. The zero-order valence-corrected chi connectivity index (χ0v) is 20.1. The quantitative estimate of drug-likeness (QED) is 0.284. The molecule has 168 valence electrons. The van der Waals surface area contributed by atoms with Gasteiger partial charge >= 0.3 is 0 Å². The van der Waals surface area contributed by atoms with Crippen LogP contribution >= 0.6 is 11.3 Å². The highest BCUT2D eigenvalue weighted by molar-refractivity contribution is 7.25. The SMILES string of the molecule is CCc1nc2c([nH]1)COc1cc(-c3ccc4c(c3)sc3cc5nc(C(C)C)[nH]c5cc34)ccc1-2. The van der Waals surface area contributed by atoms with Crippen LogP contribution in [0.25, 0.3) is 53.6 Å². The number of nitrogens with one attached hydrogen (secondary N) is 2. The van der Waals surface area contributed by atoms with Crippen molar-refractivity contribution in [3.05, 3.63) is 65.9 Å². The summed E-state index contributed by atoms with van der Waals surface area (Å²) >= 11 is 1.83. The van der Waals surface area contributed by atoms with Gasteiger partial charge in [0, 0.05) is 38.1 Å². The lowest BCUT2D eigenvalue weighted by Crippen LogP contribution is -2.05. The van der Waals surface area contributed by atoms with Gasteiger partial charge in [-0.25, -0.2) is 9.97 Å². The van der Waals surface area contributed by atoms with Gasteiger partial charge in [-0.1, -0.05) is 39.0 Å². The number of hydrogen-bond donors (Lipinski definition) is 2. The van der Waals surface area contributed by atoms with Crippen molar-refractivity contribution in [2.24, 2.45) is 0 Å². The number of hydrogen-bond acceptors (Lipinski definition) is 4. The largest absolute Gasteiger partial charge is 0.487 e. The molecule has 0 saturated heterocycles. The van der Waals surface area contributed by atoms with Crippen molar-refractivity contribution in [2.75, 3.05) is 0 Å². The third kappa shape index (κ3) is 2.91. The lowest BCUT2D eigenvalue weighted by Gasteiger charge is -2.17. The lowest BCUT2D eigenvalue weighted by atomic mass is 9.99. The minimum Gasteiger partial charge on any atom is -0.487 e. The van der Waals surface area contributed by atoms with E-state index in [0.29, 0.717) is 12.5 Å². The van der Waals surface area contributed by atoms with Gasteiger partial charge in [0.1, 0.15) is 24.0 Å². The Labute approximate surface area is 200 Å². The molecule has 0 amide bonds. The van der Waals surface area contributed by atoms with Crippen molar-refractivity contribution >= 4 is 42.5 Å². The van der Waals surface area contributed by atoms with Gasteiger partial charge in [0.05, 0.1) is 22.4 Å². The Morgan fingerprint density at radius 1 is 0.941 bits per heavy atom. The fraction of sp³-hybridized carbons (Fsp3) is 0.214. The number of nitrogens with zero attached hydrogens (tertiary/aromatic N) is 2. The van der Waals surface area contributed by atoms with Crippen LogP contribution in [0.15, 0.2) is 48.5 Å². The molecule has 1 aliphatic rings. The topological polar surface area (TPSA) is 66.6 Å². The first-order valence-corrected chi connectivity index (χ1v) is 12.6. The van der Waals surface area contributed by atoms with Crippen LogP contribution < -0.4 is 4.74 Å². The van der Waals surface area contributed by atoms with Crippen molar-refractivity contribution in [3.8, 4) is 28.1 Å². The molecule has 0 unspecified atom stereocenters. The second-order valence-corrected chi connectivity index (χ2v) is 10.4. The van der Waals surface area contributed by atoms with E-state index in [1.165, 1.54) is 25.7 Å². The van der Waals surface area contributed by atoms with E-state index >= 15 is 0 Å². The molecule has 34 heavy (non-hydrogen) atoms. The van der Waals surface area contributed by atoms with Gasteiger partial charge in [0.15, 0.2) is 0 Å². The van der Waals surface area contributed by atoms with Gasteiger partial charge in [-0.2, -0.15) is 0 Å². The summed E-state index contributed by atoms with van der Waals surface area (Å²) in [6, 6.07) is 17.7. The van der Waals surface area contributed by atoms with E-state index in [0.717, 1.165) is 57.4 Å². The lowest BCUT2D eigenvalue weighted by molar-refractivity contribution is 0.298. The van der Waals surface area contributed by atoms with Crippen LogP contribution in [0.4, 0.5) is 0 Å². The molecule has 0 radical (unpaired) electrons. The van der Waals surface area contributed by atoms with Crippen molar-refractivity contribution < 1.29 is 4.74 Å². The van der Waals surface area contributed by atoms with Crippen LogP contribution in [0.2, 0.25) is 0 Å². The molecule has 6 aromatic rings. The van der Waals surface area contributed by atoms with E-state index in [4.69, 9.17) is 14.7 Å². The standard InChI is InChI=1S/C28H24N4OS/c1-4-26-29-22-13-33-23-9-15(6-8-18(23)27(22)32-26)16-5-7-17-19-11-20-21(31-28(30-20)14(2)3)12-25(19)34-24(17)10-16/h5-12,14H,4,13H2,1-3H3,(H,29,32)(H,30,31). The van der Waals surface area contributed by atoms with Gasteiger partial charge in [-0.15, -0.1) is 11.3 Å². The first-order valence-electron chi connectivity index (χ1n) is 11.8. The third-order valence-electron chi connectivity index (χ3n) is 6.74. The minimum absolute atomic E-state index is 0.388. The van der Waals surface area contributed by atoms with E-state index in [1.807, 2.05) is 11.3 Å².